The second kappa shape index (κ2) is 3.22. The first-order valence-electron chi connectivity index (χ1n) is 4.41. The molecule has 0 spiro atoms. The lowest BCUT2D eigenvalue weighted by Gasteiger charge is -2.07. The Morgan fingerprint density at radius 2 is 1.73 bits per heavy atom. The molecule has 1 aromatic carbocycles. The van der Waals surface area contributed by atoms with E-state index in [1.54, 1.807) is 19.1 Å². The summed E-state index contributed by atoms with van der Waals surface area (Å²) >= 11 is 0. The van der Waals surface area contributed by atoms with Crippen LogP contribution in [0.15, 0.2) is 30.3 Å². The van der Waals surface area contributed by atoms with E-state index in [1.807, 2.05) is 0 Å². The van der Waals surface area contributed by atoms with Crippen molar-refractivity contribution in [3.8, 4) is 0 Å². The quantitative estimate of drug-likeness (QED) is 0.649. The molecule has 0 saturated heterocycles. The molecule has 0 aliphatic heterocycles. The Bertz CT molecular complexity index is 503. The Kier molecular flexibility index (Phi) is 2.14. The Hall–Kier alpha value is -1.58. The predicted octanol–water partition coefficient (Wildman–Crippen LogP) is 3.56. The highest BCUT2D eigenvalue weighted by Gasteiger charge is 2.30. The minimum absolute atomic E-state index is 0.379. The Morgan fingerprint density at radius 3 is 2.40 bits per heavy atom. The van der Waals surface area contributed by atoms with Crippen LogP contribution in [0.3, 0.4) is 0 Å². The lowest BCUT2D eigenvalue weighted by Crippen LogP contribution is -2.04. The monoisotopic (exact) mass is 211 g/mol. The molecule has 0 saturated carbocycles. The zero-order chi connectivity index (χ0) is 11.1. The third-order valence-corrected chi connectivity index (χ3v) is 2.16. The molecule has 0 atom stereocenters. The molecule has 0 bridgehead atoms. The smallest absolute Gasteiger partial charge is 0.253 e. The molecule has 78 valence electrons. The van der Waals surface area contributed by atoms with E-state index >= 15 is 0 Å². The fourth-order valence-corrected chi connectivity index (χ4v) is 1.40. The summed E-state index contributed by atoms with van der Waals surface area (Å²) in [4.78, 5) is 4.05. The van der Waals surface area contributed by atoms with Crippen LogP contribution in [0.2, 0.25) is 0 Å². The molecule has 0 amide bonds. The number of pyridine rings is 1. The third kappa shape index (κ3) is 1.93. The molecule has 0 fully saturated rings. The SMILES string of the molecule is Cc1ccc2ccc(C(F)(F)F)cc2n1. The van der Waals surface area contributed by atoms with Crippen LogP contribution in [0.4, 0.5) is 13.2 Å². The standard InChI is InChI=1S/C11H8F3N/c1-7-2-3-8-4-5-9(11(12,13)14)6-10(8)15-7/h2-6H,1H3. The minimum atomic E-state index is -4.31. The zero-order valence-corrected chi connectivity index (χ0v) is 7.97. The molecular formula is C11H8F3N. The molecule has 0 aliphatic carbocycles. The molecule has 0 radical (unpaired) electrons. The van der Waals surface area contributed by atoms with Gasteiger partial charge in [-0.3, -0.25) is 4.98 Å². The maximum atomic E-state index is 12.4. The number of halogens is 3. The minimum Gasteiger partial charge on any atom is -0.253 e. The molecule has 4 heteroatoms. The Balaban J connectivity index is 2.64. The number of hydrogen-bond acceptors (Lipinski definition) is 1. The normalized spacial score (nSPS) is 12.0. The van der Waals surface area contributed by atoms with E-state index in [0.29, 0.717) is 16.6 Å². The molecule has 0 aliphatic rings. The van der Waals surface area contributed by atoms with Gasteiger partial charge in [-0.05, 0) is 25.1 Å². The first-order valence-corrected chi connectivity index (χ1v) is 4.41. The van der Waals surface area contributed by atoms with Gasteiger partial charge in [0, 0.05) is 11.1 Å². The zero-order valence-electron chi connectivity index (χ0n) is 7.97. The van der Waals surface area contributed by atoms with E-state index in [0.717, 1.165) is 12.1 Å². The molecule has 1 heterocycles. The van der Waals surface area contributed by atoms with Crippen LogP contribution in [0.5, 0.6) is 0 Å². The average molecular weight is 211 g/mol. The van der Waals surface area contributed by atoms with Gasteiger partial charge in [-0.1, -0.05) is 12.1 Å². The van der Waals surface area contributed by atoms with E-state index in [-0.39, 0.29) is 0 Å². The summed E-state index contributed by atoms with van der Waals surface area (Å²) in [5.74, 6) is 0. The van der Waals surface area contributed by atoms with Crippen molar-refractivity contribution in [2.24, 2.45) is 0 Å². The van der Waals surface area contributed by atoms with Crippen molar-refractivity contribution in [1.29, 1.82) is 0 Å². The molecular weight excluding hydrogens is 203 g/mol. The van der Waals surface area contributed by atoms with Crippen LogP contribution in [-0.2, 0) is 6.18 Å². The first-order chi connectivity index (χ1) is 6.97. The topological polar surface area (TPSA) is 12.9 Å². The third-order valence-electron chi connectivity index (χ3n) is 2.16. The van der Waals surface area contributed by atoms with Crippen molar-refractivity contribution in [2.75, 3.05) is 0 Å². The van der Waals surface area contributed by atoms with Gasteiger partial charge in [-0.25, -0.2) is 0 Å². The van der Waals surface area contributed by atoms with Crippen LogP contribution in [0.1, 0.15) is 11.3 Å². The van der Waals surface area contributed by atoms with Gasteiger partial charge in [-0.2, -0.15) is 13.2 Å². The second-order valence-electron chi connectivity index (χ2n) is 3.36. The lowest BCUT2D eigenvalue weighted by molar-refractivity contribution is -0.137. The van der Waals surface area contributed by atoms with Crippen LogP contribution >= 0.6 is 0 Å². The summed E-state index contributed by atoms with van der Waals surface area (Å²) in [6.07, 6.45) is -4.31. The van der Waals surface area contributed by atoms with Crippen molar-refractivity contribution in [3.63, 3.8) is 0 Å². The fourth-order valence-electron chi connectivity index (χ4n) is 1.40. The Labute approximate surface area is 84.6 Å². The van der Waals surface area contributed by atoms with Crippen LogP contribution in [-0.4, -0.2) is 4.98 Å². The summed E-state index contributed by atoms with van der Waals surface area (Å²) in [7, 11) is 0. The molecule has 2 rings (SSSR count). The number of alkyl halides is 3. The first kappa shape index (κ1) is 9.96. The lowest BCUT2D eigenvalue weighted by atomic mass is 10.1. The molecule has 15 heavy (non-hydrogen) atoms. The van der Waals surface area contributed by atoms with Crippen LogP contribution < -0.4 is 0 Å². The molecule has 1 aromatic heterocycles. The van der Waals surface area contributed by atoms with Gasteiger partial charge in [0.25, 0.3) is 0 Å². The maximum absolute atomic E-state index is 12.4. The highest BCUT2D eigenvalue weighted by atomic mass is 19.4. The summed E-state index contributed by atoms with van der Waals surface area (Å²) in [6.45, 7) is 1.75. The summed E-state index contributed by atoms with van der Waals surface area (Å²) in [6, 6.07) is 7.11. The summed E-state index contributed by atoms with van der Waals surface area (Å²) < 4.78 is 37.2. The van der Waals surface area contributed by atoms with E-state index in [9.17, 15) is 13.2 Å². The predicted molar refractivity (Wildman–Crippen MR) is 51.5 cm³/mol. The Morgan fingerprint density at radius 1 is 1.07 bits per heavy atom. The van der Waals surface area contributed by atoms with Gasteiger partial charge < -0.3 is 0 Å². The van der Waals surface area contributed by atoms with Gasteiger partial charge in [0.15, 0.2) is 0 Å². The highest BCUT2D eigenvalue weighted by Crippen LogP contribution is 2.30. The number of aryl methyl sites for hydroxylation is 1. The average Bonchev–Trinajstić information content (AvgIpc) is 2.15. The highest BCUT2D eigenvalue weighted by molar-refractivity contribution is 5.79. The van der Waals surface area contributed by atoms with Crippen molar-refractivity contribution in [1.82, 2.24) is 4.98 Å². The molecule has 1 nitrogen and oxygen atoms in total. The summed E-state index contributed by atoms with van der Waals surface area (Å²) in [5.41, 5.74) is 0.430. The maximum Gasteiger partial charge on any atom is 0.416 e. The number of rotatable bonds is 0. The van der Waals surface area contributed by atoms with Crippen molar-refractivity contribution in [3.05, 3.63) is 41.6 Å². The van der Waals surface area contributed by atoms with Crippen LogP contribution in [0, 0.1) is 6.92 Å². The number of nitrogens with zero attached hydrogens (tertiary/aromatic N) is 1. The number of aromatic nitrogens is 1. The molecule has 0 unspecified atom stereocenters. The van der Waals surface area contributed by atoms with Crippen molar-refractivity contribution in [2.45, 2.75) is 13.1 Å². The fraction of sp³-hybridized carbons (Fsp3) is 0.182. The number of hydrogen-bond donors (Lipinski definition) is 0. The van der Waals surface area contributed by atoms with Crippen molar-refractivity contribution >= 4 is 10.9 Å². The molecule has 0 N–H and O–H groups in total. The number of benzene rings is 1. The largest absolute Gasteiger partial charge is 0.416 e. The van der Waals surface area contributed by atoms with Crippen molar-refractivity contribution < 1.29 is 13.2 Å². The second-order valence-corrected chi connectivity index (χ2v) is 3.36. The van der Waals surface area contributed by atoms with Gasteiger partial charge in [0.1, 0.15) is 0 Å². The van der Waals surface area contributed by atoms with E-state index < -0.39 is 11.7 Å². The van der Waals surface area contributed by atoms with Gasteiger partial charge in [0.2, 0.25) is 0 Å². The van der Waals surface area contributed by atoms with Crippen LogP contribution in [0.25, 0.3) is 10.9 Å². The van der Waals surface area contributed by atoms with E-state index in [4.69, 9.17) is 0 Å². The van der Waals surface area contributed by atoms with Gasteiger partial charge >= 0.3 is 6.18 Å². The number of fused-ring (bicyclic) bond motifs is 1. The van der Waals surface area contributed by atoms with Gasteiger partial charge in [-0.15, -0.1) is 0 Å². The summed E-state index contributed by atoms with van der Waals surface area (Å²) in [5, 5.41) is 0.716. The molecule has 2 aromatic rings. The van der Waals surface area contributed by atoms with E-state index in [2.05, 4.69) is 4.98 Å². The van der Waals surface area contributed by atoms with Gasteiger partial charge in [0.05, 0.1) is 11.1 Å². The van der Waals surface area contributed by atoms with E-state index in [1.165, 1.54) is 6.07 Å².